The Labute approximate surface area is 84.4 Å². The van der Waals surface area contributed by atoms with Gasteiger partial charge in [0, 0.05) is 13.1 Å². The lowest BCUT2D eigenvalue weighted by Crippen LogP contribution is -2.45. The molecule has 1 aliphatic rings. The molecule has 1 unspecified atom stereocenters. The number of nitrogens with two attached hydrogens (primary N) is 1. The maximum absolute atomic E-state index is 12.1. The van der Waals surface area contributed by atoms with E-state index in [2.05, 4.69) is 0 Å². The second-order valence-electron chi connectivity index (χ2n) is 4.03. The molecule has 0 aliphatic carbocycles. The number of piperidine rings is 1. The van der Waals surface area contributed by atoms with Crippen molar-refractivity contribution in [1.82, 2.24) is 4.90 Å². The average molecular weight is 202 g/mol. The van der Waals surface area contributed by atoms with Crippen LogP contribution in [0.2, 0.25) is 0 Å². The molecule has 0 aromatic heterocycles. The number of hydrogen-bond donors (Lipinski definition) is 1. The fourth-order valence-electron chi connectivity index (χ4n) is 1.88. The van der Waals surface area contributed by atoms with Crippen LogP contribution in [0.25, 0.3) is 0 Å². The molecule has 0 saturated carbocycles. The third-order valence-electron chi connectivity index (χ3n) is 2.83. The van der Waals surface area contributed by atoms with E-state index < -0.39 is 6.04 Å². The molecule has 1 atom stereocenters. The number of halogens is 1. The fourth-order valence-corrected chi connectivity index (χ4v) is 1.88. The van der Waals surface area contributed by atoms with Crippen LogP contribution < -0.4 is 5.73 Å². The number of amides is 1. The van der Waals surface area contributed by atoms with Crippen LogP contribution in [0.4, 0.5) is 4.39 Å². The van der Waals surface area contributed by atoms with E-state index in [1.54, 1.807) is 11.8 Å². The molecule has 4 heteroatoms. The molecule has 1 saturated heterocycles. The second kappa shape index (κ2) is 5.29. The number of likely N-dealkylation sites (tertiary alicyclic amines) is 1. The zero-order chi connectivity index (χ0) is 10.6. The molecule has 82 valence electrons. The topological polar surface area (TPSA) is 46.3 Å². The van der Waals surface area contributed by atoms with Crippen molar-refractivity contribution in [3.63, 3.8) is 0 Å². The van der Waals surface area contributed by atoms with Gasteiger partial charge in [0.1, 0.15) is 0 Å². The maximum Gasteiger partial charge on any atom is 0.239 e. The molecule has 0 aromatic carbocycles. The second-order valence-corrected chi connectivity index (χ2v) is 4.03. The van der Waals surface area contributed by atoms with Crippen molar-refractivity contribution in [3.8, 4) is 0 Å². The Kier molecular flexibility index (Phi) is 4.32. The highest BCUT2D eigenvalue weighted by molar-refractivity contribution is 5.81. The Morgan fingerprint density at radius 3 is 2.57 bits per heavy atom. The van der Waals surface area contributed by atoms with Gasteiger partial charge in [-0.15, -0.1) is 0 Å². The van der Waals surface area contributed by atoms with Crippen molar-refractivity contribution in [1.29, 1.82) is 0 Å². The monoisotopic (exact) mass is 202 g/mol. The summed E-state index contributed by atoms with van der Waals surface area (Å²) in [5.74, 6) is 0.473. The summed E-state index contributed by atoms with van der Waals surface area (Å²) in [6, 6.07) is -0.410. The number of nitrogens with zero attached hydrogens (tertiary/aromatic N) is 1. The normalized spacial score (nSPS) is 20.9. The van der Waals surface area contributed by atoms with Gasteiger partial charge in [-0.1, -0.05) is 0 Å². The van der Waals surface area contributed by atoms with Crippen LogP contribution in [0.5, 0.6) is 0 Å². The number of carbonyl (C=O) groups excluding carboxylic acids is 1. The zero-order valence-electron chi connectivity index (χ0n) is 8.71. The lowest BCUT2D eigenvalue weighted by molar-refractivity contribution is -0.133. The standard InChI is InChI=1S/C10H19FN2O/c1-8(12)10(14)13-6-3-9(2-5-11)4-7-13/h8-9H,2-7,12H2,1H3. The number of hydrogen-bond acceptors (Lipinski definition) is 2. The maximum atomic E-state index is 12.1. The van der Waals surface area contributed by atoms with Crippen LogP contribution in [0.15, 0.2) is 0 Å². The van der Waals surface area contributed by atoms with Crippen LogP contribution in [0.1, 0.15) is 26.2 Å². The molecule has 1 aliphatic heterocycles. The first kappa shape index (κ1) is 11.4. The highest BCUT2D eigenvalue weighted by atomic mass is 19.1. The van der Waals surface area contributed by atoms with E-state index in [9.17, 15) is 9.18 Å². The van der Waals surface area contributed by atoms with E-state index >= 15 is 0 Å². The van der Waals surface area contributed by atoms with Crippen LogP contribution in [0.3, 0.4) is 0 Å². The molecule has 1 rings (SSSR count). The van der Waals surface area contributed by atoms with E-state index in [0.717, 1.165) is 25.9 Å². The number of alkyl halides is 1. The summed E-state index contributed by atoms with van der Waals surface area (Å²) < 4.78 is 12.1. The third-order valence-corrected chi connectivity index (χ3v) is 2.83. The Morgan fingerprint density at radius 1 is 1.57 bits per heavy atom. The number of rotatable bonds is 3. The molecular formula is C10H19FN2O. The molecule has 1 heterocycles. The summed E-state index contributed by atoms with van der Waals surface area (Å²) >= 11 is 0. The predicted octanol–water partition coefficient (Wildman–Crippen LogP) is 0.932. The molecular weight excluding hydrogens is 183 g/mol. The minimum Gasteiger partial charge on any atom is -0.341 e. The summed E-state index contributed by atoms with van der Waals surface area (Å²) in [6.45, 7) is 2.94. The molecule has 2 N–H and O–H groups in total. The van der Waals surface area contributed by atoms with Crippen molar-refractivity contribution in [2.75, 3.05) is 19.8 Å². The lowest BCUT2D eigenvalue weighted by atomic mass is 9.94. The average Bonchev–Trinajstić information content (AvgIpc) is 2.18. The van der Waals surface area contributed by atoms with Gasteiger partial charge in [0.15, 0.2) is 0 Å². The van der Waals surface area contributed by atoms with Crippen molar-refractivity contribution in [3.05, 3.63) is 0 Å². The van der Waals surface area contributed by atoms with Gasteiger partial charge in [0.05, 0.1) is 12.7 Å². The van der Waals surface area contributed by atoms with Crippen molar-refractivity contribution in [2.24, 2.45) is 11.7 Å². The number of carbonyl (C=O) groups is 1. The summed E-state index contributed by atoms with van der Waals surface area (Å²) in [4.78, 5) is 13.3. The Hall–Kier alpha value is -0.640. The van der Waals surface area contributed by atoms with Gasteiger partial charge in [0.25, 0.3) is 0 Å². The summed E-state index contributed by atoms with van der Waals surface area (Å²) in [6.07, 6.45) is 2.48. The minimum atomic E-state index is -0.410. The predicted molar refractivity (Wildman–Crippen MR) is 53.5 cm³/mol. The molecule has 14 heavy (non-hydrogen) atoms. The molecule has 0 spiro atoms. The molecule has 3 nitrogen and oxygen atoms in total. The SMILES string of the molecule is CC(N)C(=O)N1CCC(CCF)CC1. The van der Waals surface area contributed by atoms with Crippen LogP contribution in [-0.2, 0) is 4.79 Å². The quantitative estimate of drug-likeness (QED) is 0.740. The van der Waals surface area contributed by atoms with Gasteiger partial charge >= 0.3 is 0 Å². The Balaban J connectivity index is 2.32. The Morgan fingerprint density at radius 2 is 2.14 bits per heavy atom. The zero-order valence-corrected chi connectivity index (χ0v) is 8.71. The largest absolute Gasteiger partial charge is 0.341 e. The van der Waals surface area contributed by atoms with E-state index in [-0.39, 0.29) is 12.6 Å². The summed E-state index contributed by atoms with van der Waals surface area (Å²) in [7, 11) is 0. The summed E-state index contributed by atoms with van der Waals surface area (Å²) in [5, 5.41) is 0. The van der Waals surface area contributed by atoms with E-state index in [1.165, 1.54) is 0 Å². The molecule has 1 fully saturated rings. The van der Waals surface area contributed by atoms with Crippen molar-refractivity contribution in [2.45, 2.75) is 32.2 Å². The van der Waals surface area contributed by atoms with E-state index in [4.69, 9.17) is 5.73 Å². The van der Waals surface area contributed by atoms with Crippen LogP contribution in [0, 0.1) is 5.92 Å². The van der Waals surface area contributed by atoms with Gasteiger partial charge in [0.2, 0.25) is 5.91 Å². The van der Waals surface area contributed by atoms with Crippen molar-refractivity contribution >= 4 is 5.91 Å². The first-order valence-electron chi connectivity index (χ1n) is 5.25. The highest BCUT2D eigenvalue weighted by Gasteiger charge is 2.23. The van der Waals surface area contributed by atoms with Crippen LogP contribution >= 0.6 is 0 Å². The first-order valence-corrected chi connectivity index (χ1v) is 5.25. The van der Waals surface area contributed by atoms with Gasteiger partial charge in [-0.05, 0) is 32.1 Å². The molecule has 0 aromatic rings. The lowest BCUT2D eigenvalue weighted by Gasteiger charge is -2.32. The molecule has 0 radical (unpaired) electrons. The minimum absolute atomic E-state index is 0.0173. The van der Waals surface area contributed by atoms with E-state index in [1.807, 2.05) is 0 Å². The van der Waals surface area contributed by atoms with Crippen LogP contribution in [-0.4, -0.2) is 36.6 Å². The summed E-state index contributed by atoms with van der Waals surface area (Å²) in [5.41, 5.74) is 5.51. The van der Waals surface area contributed by atoms with Gasteiger partial charge in [-0.25, -0.2) is 0 Å². The van der Waals surface area contributed by atoms with Crippen molar-refractivity contribution < 1.29 is 9.18 Å². The van der Waals surface area contributed by atoms with Gasteiger partial charge < -0.3 is 10.6 Å². The molecule has 1 amide bonds. The van der Waals surface area contributed by atoms with E-state index in [0.29, 0.717) is 12.3 Å². The fraction of sp³-hybridized carbons (Fsp3) is 0.900. The third kappa shape index (κ3) is 2.94. The highest BCUT2D eigenvalue weighted by Crippen LogP contribution is 2.20. The van der Waals surface area contributed by atoms with Gasteiger partial charge in [-0.2, -0.15) is 0 Å². The molecule has 0 bridgehead atoms. The first-order chi connectivity index (χ1) is 6.65. The smallest absolute Gasteiger partial charge is 0.239 e. The van der Waals surface area contributed by atoms with Gasteiger partial charge in [-0.3, -0.25) is 9.18 Å². The Bertz CT molecular complexity index is 189.